The molecule has 0 saturated carbocycles. The monoisotopic (exact) mass is 257 g/mol. The lowest BCUT2D eigenvalue weighted by Crippen LogP contribution is -2.32. The topological polar surface area (TPSA) is 46.2 Å². The largest absolute Gasteiger partial charge is 0.392 e. The maximum Gasteiger partial charge on any atom is 0.126 e. The summed E-state index contributed by atoms with van der Waals surface area (Å²) in [5, 5.41) is 10.3. The normalized spacial score (nSPS) is 14.8. The van der Waals surface area contributed by atoms with Crippen molar-refractivity contribution >= 4 is 0 Å². The molecule has 3 N–H and O–H groups in total. The molecule has 0 aliphatic carbocycles. The smallest absolute Gasteiger partial charge is 0.126 e. The molecule has 0 aromatic heterocycles. The zero-order valence-electron chi connectivity index (χ0n) is 10.9. The highest BCUT2D eigenvalue weighted by Gasteiger charge is 2.26. The first kappa shape index (κ1) is 15.1. The zero-order valence-corrected chi connectivity index (χ0v) is 10.9. The first-order chi connectivity index (χ1) is 8.53. The van der Waals surface area contributed by atoms with Crippen molar-refractivity contribution in [3.05, 3.63) is 35.4 Å². The van der Waals surface area contributed by atoms with Crippen molar-refractivity contribution in [2.24, 2.45) is 11.7 Å². The summed E-state index contributed by atoms with van der Waals surface area (Å²) >= 11 is 0. The van der Waals surface area contributed by atoms with Crippen LogP contribution in [0, 0.1) is 17.6 Å². The Balaban J connectivity index is 3.01. The molecule has 0 spiro atoms. The fraction of sp³-hybridized carbons (Fsp3) is 0.571. The summed E-state index contributed by atoms with van der Waals surface area (Å²) in [4.78, 5) is 0. The van der Waals surface area contributed by atoms with Crippen LogP contribution in [0.5, 0.6) is 0 Å². The number of halogens is 2. The van der Waals surface area contributed by atoms with E-state index in [0.29, 0.717) is 5.56 Å². The highest BCUT2D eigenvalue weighted by atomic mass is 19.1. The Morgan fingerprint density at radius 3 is 2.00 bits per heavy atom. The van der Waals surface area contributed by atoms with Gasteiger partial charge in [-0.2, -0.15) is 0 Å². The Labute approximate surface area is 107 Å². The van der Waals surface area contributed by atoms with E-state index in [1.165, 1.54) is 12.1 Å². The molecule has 1 aromatic carbocycles. The molecule has 2 atom stereocenters. The average molecular weight is 257 g/mol. The molecule has 18 heavy (non-hydrogen) atoms. The summed E-state index contributed by atoms with van der Waals surface area (Å²) in [6, 6.07) is 3.30. The first-order valence-electron chi connectivity index (χ1n) is 6.37. The van der Waals surface area contributed by atoms with Gasteiger partial charge in [-0.15, -0.1) is 0 Å². The van der Waals surface area contributed by atoms with Crippen LogP contribution in [0.4, 0.5) is 8.78 Å². The number of rotatable bonds is 6. The van der Waals surface area contributed by atoms with Gasteiger partial charge < -0.3 is 10.8 Å². The van der Waals surface area contributed by atoms with Crippen LogP contribution in [0.3, 0.4) is 0 Å². The highest BCUT2D eigenvalue weighted by Crippen LogP contribution is 2.28. The third-order valence-electron chi connectivity index (χ3n) is 3.51. The number of hydrogen-bond donors (Lipinski definition) is 2. The summed E-state index contributed by atoms with van der Waals surface area (Å²) in [5.41, 5.74) is 6.07. The quantitative estimate of drug-likeness (QED) is 0.823. The molecule has 0 aliphatic heterocycles. The predicted octanol–water partition coefficient (Wildman–Crippen LogP) is 2.80. The van der Waals surface area contributed by atoms with Gasteiger partial charge in [0.15, 0.2) is 0 Å². The number of aliphatic hydroxyl groups excluding tert-OH is 1. The maximum absolute atomic E-state index is 13.2. The summed E-state index contributed by atoms with van der Waals surface area (Å²) in [7, 11) is 0. The van der Waals surface area contributed by atoms with Gasteiger partial charge in [0.25, 0.3) is 0 Å². The van der Waals surface area contributed by atoms with Crippen molar-refractivity contribution in [3.8, 4) is 0 Å². The predicted molar refractivity (Wildman–Crippen MR) is 68.2 cm³/mol. The molecule has 2 nitrogen and oxygen atoms in total. The van der Waals surface area contributed by atoms with Crippen LogP contribution < -0.4 is 5.73 Å². The van der Waals surface area contributed by atoms with Crippen LogP contribution in [0.15, 0.2) is 18.2 Å². The van der Waals surface area contributed by atoms with E-state index in [4.69, 9.17) is 5.73 Å². The third-order valence-corrected chi connectivity index (χ3v) is 3.51. The highest BCUT2D eigenvalue weighted by molar-refractivity contribution is 5.23. The van der Waals surface area contributed by atoms with Crippen molar-refractivity contribution in [2.75, 3.05) is 6.54 Å². The van der Waals surface area contributed by atoms with Gasteiger partial charge in [-0.25, -0.2) is 8.78 Å². The second kappa shape index (κ2) is 6.81. The van der Waals surface area contributed by atoms with Crippen molar-refractivity contribution in [1.29, 1.82) is 0 Å². The molecule has 0 bridgehead atoms. The Hall–Kier alpha value is -1.00. The lowest BCUT2D eigenvalue weighted by Gasteiger charge is -2.28. The summed E-state index contributed by atoms with van der Waals surface area (Å²) in [6.07, 6.45) is 0.948. The Morgan fingerprint density at radius 2 is 1.61 bits per heavy atom. The minimum Gasteiger partial charge on any atom is -0.392 e. The molecule has 0 amide bonds. The van der Waals surface area contributed by atoms with Gasteiger partial charge in [0.1, 0.15) is 11.6 Å². The van der Waals surface area contributed by atoms with Crippen LogP contribution >= 0.6 is 0 Å². The van der Waals surface area contributed by atoms with Gasteiger partial charge in [-0.1, -0.05) is 26.7 Å². The van der Waals surface area contributed by atoms with Gasteiger partial charge in [-0.3, -0.25) is 0 Å². The average Bonchev–Trinajstić information content (AvgIpc) is 2.30. The van der Waals surface area contributed by atoms with E-state index in [0.717, 1.165) is 18.9 Å². The minimum absolute atomic E-state index is 0.0879. The summed E-state index contributed by atoms with van der Waals surface area (Å²) in [6.45, 7) is 4.13. The fourth-order valence-corrected chi connectivity index (χ4v) is 2.36. The Morgan fingerprint density at radius 1 is 1.11 bits per heavy atom. The van der Waals surface area contributed by atoms with Gasteiger partial charge in [-0.05, 0) is 23.6 Å². The lowest BCUT2D eigenvalue weighted by molar-refractivity contribution is 0.0778. The van der Waals surface area contributed by atoms with E-state index in [1.54, 1.807) is 0 Å². The minimum atomic E-state index is -0.675. The number of hydrogen-bond acceptors (Lipinski definition) is 2. The van der Waals surface area contributed by atoms with E-state index in [-0.39, 0.29) is 12.5 Å². The summed E-state index contributed by atoms with van der Waals surface area (Å²) in [5.74, 6) is -1.62. The standard InChI is InChI=1S/C14H21F2NO/c1-3-9(4-2)14(18)13(8-17)10-5-11(15)7-12(16)6-10/h5-7,9,13-14,18H,3-4,8,17H2,1-2H3. The number of aliphatic hydroxyl groups is 1. The SMILES string of the molecule is CCC(CC)C(O)C(CN)c1cc(F)cc(F)c1. The van der Waals surface area contributed by atoms with E-state index >= 15 is 0 Å². The van der Waals surface area contributed by atoms with Crippen LogP contribution in [0.25, 0.3) is 0 Å². The Bertz CT molecular complexity index is 360. The van der Waals surface area contributed by atoms with Crippen molar-refractivity contribution in [2.45, 2.75) is 38.7 Å². The van der Waals surface area contributed by atoms with E-state index in [2.05, 4.69) is 0 Å². The van der Waals surface area contributed by atoms with Gasteiger partial charge in [0.05, 0.1) is 6.10 Å². The molecule has 0 aliphatic rings. The molecule has 1 rings (SSSR count). The fourth-order valence-electron chi connectivity index (χ4n) is 2.36. The molecule has 1 aromatic rings. The molecule has 0 heterocycles. The lowest BCUT2D eigenvalue weighted by atomic mass is 9.83. The first-order valence-corrected chi connectivity index (χ1v) is 6.37. The molecular formula is C14H21F2NO. The number of benzene rings is 1. The zero-order chi connectivity index (χ0) is 13.7. The summed E-state index contributed by atoms with van der Waals surface area (Å²) < 4.78 is 26.4. The van der Waals surface area contributed by atoms with Crippen LogP contribution in [0.1, 0.15) is 38.2 Å². The van der Waals surface area contributed by atoms with Crippen molar-refractivity contribution in [1.82, 2.24) is 0 Å². The molecule has 2 unspecified atom stereocenters. The van der Waals surface area contributed by atoms with Crippen molar-refractivity contribution < 1.29 is 13.9 Å². The van der Waals surface area contributed by atoms with Crippen LogP contribution in [-0.4, -0.2) is 17.8 Å². The van der Waals surface area contributed by atoms with Gasteiger partial charge in [0, 0.05) is 18.5 Å². The van der Waals surface area contributed by atoms with Gasteiger partial charge >= 0.3 is 0 Å². The van der Waals surface area contributed by atoms with E-state index in [1.807, 2.05) is 13.8 Å². The van der Waals surface area contributed by atoms with Crippen LogP contribution in [0.2, 0.25) is 0 Å². The molecule has 0 radical (unpaired) electrons. The molecule has 0 saturated heterocycles. The van der Waals surface area contributed by atoms with E-state index < -0.39 is 23.7 Å². The molecule has 0 fully saturated rings. The van der Waals surface area contributed by atoms with Crippen LogP contribution in [-0.2, 0) is 0 Å². The second-order valence-electron chi connectivity index (χ2n) is 4.61. The maximum atomic E-state index is 13.2. The molecule has 102 valence electrons. The Kier molecular flexibility index (Phi) is 5.69. The van der Waals surface area contributed by atoms with Gasteiger partial charge in [0.2, 0.25) is 0 Å². The third kappa shape index (κ3) is 3.50. The second-order valence-corrected chi connectivity index (χ2v) is 4.61. The van der Waals surface area contributed by atoms with E-state index in [9.17, 15) is 13.9 Å². The molecular weight excluding hydrogens is 236 g/mol. The van der Waals surface area contributed by atoms with Crippen molar-refractivity contribution in [3.63, 3.8) is 0 Å². The molecule has 4 heteroatoms. The number of nitrogens with two attached hydrogens (primary N) is 1.